The number of H-pyrrole nitrogens is 1. The van der Waals surface area contributed by atoms with Crippen LogP contribution in [-0.2, 0) is 0 Å². The molecule has 1 saturated carbocycles. The molecule has 0 aromatic carbocycles. The molecule has 1 amide bonds. The molecule has 86 valence electrons. The second-order valence-electron chi connectivity index (χ2n) is 4.14. The molecule has 0 radical (unpaired) electrons. The van der Waals surface area contributed by atoms with Gasteiger partial charge in [0, 0.05) is 24.0 Å². The van der Waals surface area contributed by atoms with E-state index in [2.05, 4.69) is 20.5 Å². The van der Waals surface area contributed by atoms with E-state index in [-0.39, 0.29) is 5.91 Å². The van der Waals surface area contributed by atoms with Gasteiger partial charge in [0.2, 0.25) is 0 Å². The second-order valence-corrected chi connectivity index (χ2v) is 4.14. The molecule has 2 aromatic heterocycles. The zero-order chi connectivity index (χ0) is 11.7. The van der Waals surface area contributed by atoms with Gasteiger partial charge in [-0.3, -0.25) is 14.9 Å². The zero-order valence-corrected chi connectivity index (χ0v) is 9.18. The number of carbonyl (C=O) groups is 1. The predicted octanol–water partition coefficient (Wildman–Crippen LogP) is 1.36. The molecule has 5 nitrogen and oxygen atoms in total. The zero-order valence-electron chi connectivity index (χ0n) is 9.18. The highest BCUT2D eigenvalue weighted by atomic mass is 16.2. The summed E-state index contributed by atoms with van der Waals surface area (Å²) in [7, 11) is 0. The quantitative estimate of drug-likeness (QED) is 0.833. The lowest BCUT2D eigenvalue weighted by Crippen LogP contribution is -2.26. The standard InChI is InChI=1S/C12H12N4O/c17-12(15-9-1-2-9)11-10(7-14-16-11)8-3-5-13-6-4-8/h3-7,9H,1-2H2,(H,14,16)(H,15,17). The molecule has 2 N–H and O–H groups in total. The Morgan fingerprint density at radius 1 is 1.35 bits per heavy atom. The van der Waals surface area contributed by atoms with E-state index in [1.165, 1.54) is 0 Å². The van der Waals surface area contributed by atoms with Crippen LogP contribution in [0, 0.1) is 0 Å². The monoisotopic (exact) mass is 228 g/mol. The van der Waals surface area contributed by atoms with Crippen molar-refractivity contribution in [2.45, 2.75) is 18.9 Å². The first kappa shape index (κ1) is 10.0. The lowest BCUT2D eigenvalue weighted by Gasteiger charge is -2.03. The van der Waals surface area contributed by atoms with Gasteiger partial charge in [-0.2, -0.15) is 5.10 Å². The van der Waals surface area contributed by atoms with E-state index in [0.717, 1.165) is 24.0 Å². The van der Waals surface area contributed by atoms with Gasteiger partial charge in [-0.25, -0.2) is 0 Å². The van der Waals surface area contributed by atoms with E-state index < -0.39 is 0 Å². The molecule has 5 heteroatoms. The van der Waals surface area contributed by atoms with Crippen molar-refractivity contribution in [2.75, 3.05) is 0 Å². The minimum atomic E-state index is -0.0863. The first-order valence-electron chi connectivity index (χ1n) is 5.59. The number of nitrogens with zero attached hydrogens (tertiary/aromatic N) is 2. The Morgan fingerprint density at radius 3 is 2.82 bits per heavy atom. The molecule has 1 fully saturated rings. The third-order valence-corrected chi connectivity index (χ3v) is 2.77. The van der Waals surface area contributed by atoms with Crippen LogP contribution in [0.5, 0.6) is 0 Å². The van der Waals surface area contributed by atoms with Crippen LogP contribution < -0.4 is 5.32 Å². The minimum absolute atomic E-state index is 0.0863. The first-order chi connectivity index (χ1) is 8.34. The van der Waals surface area contributed by atoms with Crippen molar-refractivity contribution in [3.63, 3.8) is 0 Å². The smallest absolute Gasteiger partial charge is 0.270 e. The lowest BCUT2D eigenvalue weighted by atomic mass is 10.1. The molecule has 0 saturated heterocycles. The number of hydrogen-bond acceptors (Lipinski definition) is 3. The second kappa shape index (κ2) is 4.01. The fourth-order valence-corrected chi connectivity index (χ4v) is 1.69. The third kappa shape index (κ3) is 2.04. The molecule has 2 heterocycles. The van der Waals surface area contributed by atoms with Gasteiger partial charge >= 0.3 is 0 Å². The van der Waals surface area contributed by atoms with E-state index in [4.69, 9.17) is 0 Å². The number of carbonyl (C=O) groups excluding carboxylic acids is 1. The number of aromatic amines is 1. The molecule has 2 aromatic rings. The lowest BCUT2D eigenvalue weighted by molar-refractivity contribution is 0.0946. The maximum absolute atomic E-state index is 12.0. The summed E-state index contributed by atoms with van der Waals surface area (Å²) in [5, 5.41) is 9.64. The Labute approximate surface area is 98.3 Å². The van der Waals surface area contributed by atoms with Crippen LogP contribution in [0.4, 0.5) is 0 Å². The van der Waals surface area contributed by atoms with Gasteiger partial charge < -0.3 is 5.32 Å². The van der Waals surface area contributed by atoms with E-state index in [1.54, 1.807) is 18.6 Å². The molecule has 0 bridgehead atoms. The van der Waals surface area contributed by atoms with E-state index in [9.17, 15) is 4.79 Å². The van der Waals surface area contributed by atoms with Gasteiger partial charge in [0.15, 0.2) is 0 Å². The molecular formula is C12H12N4O. The Morgan fingerprint density at radius 2 is 2.12 bits per heavy atom. The normalized spacial score (nSPS) is 14.6. The molecule has 0 atom stereocenters. The van der Waals surface area contributed by atoms with Crippen molar-refractivity contribution < 1.29 is 4.79 Å². The summed E-state index contributed by atoms with van der Waals surface area (Å²) in [4.78, 5) is 15.9. The van der Waals surface area contributed by atoms with Gasteiger partial charge in [0.25, 0.3) is 5.91 Å². The third-order valence-electron chi connectivity index (χ3n) is 2.77. The van der Waals surface area contributed by atoms with Gasteiger partial charge in [-0.15, -0.1) is 0 Å². The molecule has 0 unspecified atom stereocenters. The predicted molar refractivity (Wildman–Crippen MR) is 62.3 cm³/mol. The van der Waals surface area contributed by atoms with Gasteiger partial charge in [0.1, 0.15) is 5.69 Å². The summed E-state index contributed by atoms with van der Waals surface area (Å²) in [6.45, 7) is 0. The highest BCUT2D eigenvalue weighted by Gasteiger charge is 2.25. The molecule has 17 heavy (non-hydrogen) atoms. The number of pyridine rings is 1. The highest BCUT2D eigenvalue weighted by molar-refractivity contribution is 5.99. The Balaban J connectivity index is 1.90. The van der Waals surface area contributed by atoms with Crippen LogP contribution >= 0.6 is 0 Å². The van der Waals surface area contributed by atoms with Crippen molar-refractivity contribution in [1.82, 2.24) is 20.5 Å². The first-order valence-corrected chi connectivity index (χ1v) is 5.59. The van der Waals surface area contributed by atoms with Crippen LogP contribution in [0.2, 0.25) is 0 Å². The van der Waals surface area contributed by atoms with Crippen molar-refractivity contribution in [3.8, 4) is 11.1 Å². The molecule has 0 aliphatic heterocycles. The summed E-state index contributed by atoms with van der Waals surface area (Å²) in [5.41, 5.74) is 2.27. The molecule has 1 aliphatic rings. The molecule has 0 spiro atoms. The van der Waals surface area contributed by atoms with Crippen molar-refractivity contribution in [2.24, 2.45) is 0 Å². The fraction of sp³-hybridized carbons (Fsp3) is 0.250. The molecule has 3 rings (SSSR count). The van der Waals surface area contributed by atoms with Crippen molar-refractivity contribution >= 4 is 5.91 Å². The summed E-state index contributed by atoms with van der Waals surface area (Å²) < 4.78 is 0. The largest absolute Gasteiger partial charge is 0.348 e. The van der Waals surface area contributed by atoms with Gasteiger partial charge in [-0.05, 0) is 30.5 Å². The highest BCUT2D eigenvalue weighted by Crippen LogP contribution is 2.23. The maximum Gasteiger partial charge on any atom is 0.270 e. The minimum Gasteiger partial charge on any atom is -0.348 e. The molecular weight excluding hydrogens is 216 g/mol. The summed E-state index contributed by atoms with van der Waals surface area (Å²) >= 11 is 0. The maximum atomic E-state index is 12.0. The fourth-order valence-electron chi connectivity index (χ4n) is 1.69. The summed E-state index contributed by atoms with van der Waals surface area (Å²) in [6.07, 6.45) is 7.21. The number of nitrogens with one attached hydrogen (secondary N) is 2. The van der Waals surface area contributed by atoms with Crippen LogP contribution in [-0.4, -0.2) is 27.1 Å². The van der Waals surface area contributed by atoms with Crippen LogP contribution in [0.25, 0.3) is 11.1 Å². The van der Waals surface area contributed by atoms with Crippen molar-refractivity contribution in [3.05, 3.63) is 36.4 Å². The van der Waals surface area contributed by atoms with Crippen LogP contribution in [0.1, 0.15) is 23.3 Å². The van der Waals surface area contributed by atoms with E-state index in [1.807, 2.05) is 12.1 Å². The SMILES string of the molecule is O=C(NC1CC1)c1[nH]ncc1-c1ccncc1. The number of hydrogen-bond donors (Lipinski definition) is 2. The van der Waals surface area contributed by atoms with Crippen LogP contribution in [0.15, 0.2) is 30.7 Å². The molecule has 1 aliphatic carbocycles. The Hall–Kier alpha value is -2.17. The Bertz CT molecular complexity index is 530. The van der Waals surface area contributed by atoms with Gasteiger partial charge in [0.05, 0.1) is 6.20 Å². The Kier molecular flexibility index (Phi) is 2.36. The van der Waals surface area contributed by atoms with Crippen molar-refractivity contribution in [1.29, 1.82) is 0 Å². The summed E-state index contributed by atoms with van der Waals surface area (Å²) in [5.74, 6) is -0.0863. The van der Waals surface area contributed by atoms with E-state index in [0.29, 0.717) is 11.7 Å². The number of aromatic nitrogens is 3. The van der Waals surface area contributed by atoms with E-state index >= 15 is 0 Å². The topological polar surface area (TPSA) is 70.7 Å². The summed E-state index contributed by atoms with van der Waals surface area (Å²) in [6, 6.07) is 4.06. The average Bonchev–Trinajstić information content (AvgIpc) is 3.04. The van der Waals surface area contributed by atoms with Gasteiger partial charge in [-0.1, -0.05) is 0 Å². The number of rotatable bonds is 3. The number of amides is 1. The van der Waals surface area contributed by atoms with Crippen LogP contribution in [0.3, 0.4) is 0 Å². The average molecular weight is 228 g/mol.